The van der Waals surface area contributed by atoms with E-state index in [9.17, 15) is 18.8 Å². The van der Waals surface area contributed by atoms with Crippen molar-refractivity contribution in [3.63, 3.8) is 0 Å². The molecule has 1 aromatic carbocycles. The number of halogens is 1. The number of nitrogens with one attached hydrogen (secondary N) is 2. The minimum absolute atomic E-state index is 0.100. The number of hydrogen-bond donors (Lipinski definition) is 3. The zero-order valence-corrected chi connectivity index (χ0v) is 18.0. The highest BCUT2D eigenvalue weighted by Crippen LogP contribution is 2.14. The summed E-state index contributed by atoms with van der Waals surface area (Å²) in [5.74, 6) is -1.56. The molecule has 4 N–H and O–H groups in total. The van der Waals surface area contributed by atoms with Crippen LogP contribution >= 0.6 is 0 Å². The van der Waals surface area contributed by atoms with Crippen molar-refractivity contribution >= 4 is 23.4 Å². The van der Waals surface area contributed by atoms with Crippen molar-refractivity contribution in [2.75, 3.05) is 25.0 Å². The second kappa shape index (κ2) is 10.8. The van der Waals surface area contributed by atoms with Gasteiger partial charge in [-0.05, 0) is 55.7 Å². The summed E-state index contributed by atoms with van der Waals surface area (Å²) in [7, 11) is 0. The van der Waals surface area contributed by atoms with Gasteiger partial charge in [-0.1, -0.05) is 6.92 Å². The van der Waals surface area contributed by atoms with Crippen LogP contribution in [0.1, 0.15) is 47.0 Å². The summed E-state index contributed by atoms with van der Waals surface area (Å²) in [5, 5.41) is 5.42. The van der Waals surface area contributed by atoms with Crippen molar-refractivity contribution in [1.82, 2.24) is 15.2 Å². The average molecular weight is 442 g/mol. The number of nitrogens with two attached hydrogens (primary N) is 1. The zero-order valence-electron chi connectivity index (χ0n) is 18.0. The Morgan fingerprint density at radius 1 is 1.16 bits per heavy atom. The van der Waals surface area contributed by atoms with Gasteiger partial charge < -0.3 is 21.3 Å². The van der Waals surface area contributed by atoms with Gasteiger partial charge in [0.15, 0.2) is 0 Å². The van der Waals surface area contributed by atoms with E-state index in [-0.39, 0.29) is 29.9 Å². The topological polar surface area (TPSA) is 117 Å². The third-order valence-corrected chi connectivity index (χ3v) is 5.37. The molecule has 170 valence electrons. The number of hydrogen-bond acceptors (Lipinski definition) is 5. The van der Waals surface area contributed by atoms with E-state index in [0.29, 0.717) is 17.7 Å². The molecule has 3 rings (SSSR count). The van der Waals surface area contributed by atoms with Gasteiger partial charge in [0.25, 0.3) is 11.8 Å². The van der Waals surface area contributed by atoms with Gasteiger partial charge in [-0.15, -0.1) is 0 Å². The molecular formula is C23H28FN5O3. The number of rotatable bonds is 8. The van der Waals surface area contributed by atoms with Crippen LogP contribution in [0.5, 0.6) is 0 Å². The fourth-order valence-electron chi connectivity index (χ4n) is 3.55. The van der Waals surface area contributed by atoms with Crippen LogP contribution in [-0.4, -0.2) is 53.3 Å². The first-order valence-electron chi connectivity index (χ1n) is 10.7. The summed E-state index contributed by atoms with van der Waals surface area (Å²) >= 11 is 0. The molecule has 1 aliphatic rings. The van der Waals surface area contributed by atoms with Crippen LogP contribution in [0.15, 0.2) is 42.6 Å². The number of pyridine rings is 1. The second-order valence-corrected chi connectivity index (χ2v) is 8.03. The first-order chi connectivity index (χ1) is 15.3. The van der Waals surface area contributed by atoms with E-state index in [0.717, 1.165) is 25.9 Å². The van der Waals surface area contributed by atoms with Crippen molar-refractivity contribution in [2.45, 2.75) is 32.2 Å². The van der Waals surface area contributed by atoms with Crippen LogP contribution in [0, 0.1) is 11.7 Å². The Balaban J connectivity index is 1.47. The van der Waals surface area contributed by atoms with E-state index in [1.807, 2.05) is 0 Å². The predicted octanol–water partition coefficient (Wildman–Crippen LogP) is 2.18. The molecule has 1 fully saturated rings. The molecule has 0 bridgehead atoms. The lowest BCUT2D eigenvalue weighted by molar-refractivity contribution is -0.119. The number of likely N-dealkylation sites (tertiary alicyclic amines) is 1. The molecule has 2 atom stereocenters. The molecule has 2 heterocycles. The summed E-state index contributed by atoms with van der Waals surface area (Å²) in [6.07, 6.45) is 3.76. The molecule has 3 amide bonds. The maximum Gasteiger partial charge on any atom is 0.269 e. The van der Waals surface area contributed by atoms with E-state index in [1.54, 1.807) is 17.9 Å². The molecule has 2 unspecified atom stereocenters. The first kappa shape index (κ1) is 23.3. The summed E-state index contributed by atoms with van der Waals surface area (Å²) in [4.78, 5) is 43.1. The Hall–Kier alpha value is -3.33. The van der Waals surface area contributed by atoms with Gasteiger partial charge in [-0.25, -0.2) is 4.39 Å². The number of anilines is 1. The summed E-state index contributed by atoms with van der Waals surface area (Å²) < 4.78 is 13.0. The van der Waals surface area contributed by atoms with Crippen LogP contribution in [0.25, 0.3) is 0 Å². The fraction of sp³-hybridized carbons (Fsp3) is 0.391. The molecule has 32 heavy (non-hydrogen) atoms. The Labute approximate surface area is 186 Å². The quantitative estimate of drug-likeness (QED) is 0.580. The molecule has 1 saturated heterocycles. The van der Waals surface area contributed by atoms with Gasteiger partial charge in [0.05, 0.1) is 0 Å². The van der Waals surface area contributed by atoms with Crippen LogP contribution in [0.3, 0.4) is 0 Å². The Morgan fingerprint density at radius 2 is 1.84 bits per heavy atom. The van der Waals surface area contributed by atoms with Crippen molar-refractivity contribution in [1.29, 1.82) is 0 Å². The smallest absolute Gasteiger partial charge is 0.269 e. The normalized spacial score (nSPS) is 15.2. The molecule has 9 heteroatoms. The highest BCUT2D eigenvalue weighted by Gasteiger charge is 2.21. The maximum atomic E-state index is 13.0. The highest BCUT2D eigenvalue weighted by molar-refractivity contribution is 5.98. The molecule has 0 radical (unpaired) electrons. The number of benzene rings is 1. The second-order valence-electron chi connectivity index (χ2n) is 8.03. The average Bonchev–Trinajstić information content (AvgIpc) is 3.33. The van der Waals surface area contributed by atoms with Crippen molar-refractivity contribution in [2.24, 2.45) is 11.7 Å². The molecule has 0 aliphatic carbocycles. The van der Waals surface area contributed by atoms with Gasteiger partial charge in [0.2, 0.25) is 5.91 Å². The number of carbonyl (C=O) groups excluding carboxylic acids is 3. The number of amides is 3. The van der Waals surface area contributed by atoms with Gasteiger partial charge >= 0.3 is 0 Å². The van der Waals surface area contributed by atoms with Crippen LogP contribution in [0.4, 0.5) is 10.1 Å². The lowest BCUT2D eigenvalue weighted by Crippen LogP contribution is -2.40. The molecule has 1 aromatic heterocycles. The lowest BCUT2D eigenvalue weighted by Gasteiger charge is -2.18. The molecule has 0 spiro atoms. The summed E-state index contributed by atoms with van der Waals surface area (Å²) in [6.45, 7) is 3.34. The Kier molecular flexibility index (Phi) is 7.88. The third kappa shape index (κ3) is 6.34. The van der Waals surface area contributed by atoms with Gasteiger partial charge in [-0.3, -0.25) is 19.4 Å². The van der Waals surface area contributed by atoms with Crippen molar-refractivity contribution in [3.8, 4) is 0 Å². The Bertz CT molecular complexity index is 960. The third-order valence-electron chi connectivity index (χ3n) is 5.37. The van der Waals surface area contributed by atoms with E-state index in [2.05, 4.69) is 15.6 Å². The van der Waals surface area contributed by atoms with Crippen molar-refractivity contribution < 1.29 is 18.8 Å². The van der Waals surface area contributed by atoms with E-state index in [1.165, 1.54) is 36.5 Å². The number of nitrogens with zero attached hydrogens (tertiary/aromatic N) is 2. The minimum Gasteiger partial charge on any atom is -0.349 e. The molecule has 0 saturated carbocycles. The van der Waals surface area contributed by atoms with E-state index < -0.39 is 17.9 Å². The predicted molar refractivity (Wildman–Crippen MR) is 118 cm³/mol. The minimum atomic E-state index is -0.456. The zero-order chi connectivity index (χ0) is 23.1. The largest absolute Gasteiger partial charge is 0.349 e. The number of carbonyl (C=O) groups is 3. The van der Waals surface area contributed by atoms with Gasteiger partial charge in [0, 0.05) is 49.0 Å². The van der Waals surface area contributed by atoms with E-state index in [4.69, 9.17) is 5.73 Å². The van der Waals surface area contributed by atoms with Crippen LogP contribution in [-0.2, 0) is 4.79 Å². The van der Waals surface area contributed by atoms with Crippen molar-refractivity contribution in [3.05, 3.63) is 59.7 Å². The highest BCUT2D eigenvalue weighted by atomic mass is 19.1. The summed E-state index contributed by atoms with van der Waals surface area (Å²) in [5.41, 5.74) is 7.16. The maximum absolute atomic E-state index is 13.0. The number of aromatic nitrogens is 1. The lowest BCUT2D eigenvalue weighted by atomic mass is 10.0. The molecule has 1 aliphatic heterocycles. The first-order valence-corrected chi connectivity index (χ1v) is 10.7. The van der Waals surface area contributed by atoms with Gasteiger partial charge in [0.1, 0.15) is 11.5 Å². The monoisotopic (exact) mass is 441 g/mol. The fourth-order valence-corrected chi connectivity index (χ4v) is 3.55. The molecular weight excluding hydrogens is 413 g/mol. The molecule has 8 nitrogen and oxygen atoms in total. The standard InChI is InChI=1S/C23H28FN5O3/c1-15(21(30)28-19-6-4-17(24)5-7-19)12-18(25)14-27-22(31)20-13-16(8-9-26-20)23(32)29-10-2-3-11-29/h4-9,13,15,18H,2-3,10-12,14,25H2,1H3,(H,27,31)(H,28,30). The van der Waals surface area contributed by atoms with Gasteiger partial charge in [-0.2, -0.15) is 0 Å². The van der Waals surface area contributed by atoms with Crippen LogP contribution < -0.4 is 16.4 Å². The van der Waals surface area contributed by atoms with Crippen LogP contribution in [0.2, 0.25) is 0 Å². The Morgan fingerprint density at radius 3 is 2.53 bits per heavy atom. The SMILES string of the molecule is CC(CC(N)CNC(=O)c1cc(C(=O)N2CCCC2)ccn1)C(=O)Nc1ccc(F)cc1. The molecule has 2 aromatic rings. The van der Waals surface area contributed by atoms with E-state index >= 15 is 0 Å². The summed E-state index contributed by atoms with van der Waals surface area (Å²) in [6, 6.07) is 8.13.